The number of nitroso groups, excluding NO2 is 1. The second-order valence-corrected chi connectivity index (χ2v) is 2.90. The molecule has 1 aromatic carbocycles. The molecule has 0 aromatic heterocycles. The minimum absolute atomic E-state index is 0.0890. The first-order valence-corrected chi connectivity index (χ1v) is 3.86. The van der Waals surface area contributed by atoms with Gasteiger partial charge < -0.3 is 5.73 Å². The summed E-state index contributed by atoms with van der Waals surface area (Å²) in [5.74, 6) is 0. The van der Waals surface area contributed by atoms with Crippen molar-refractivity contribution in [3.63, 3.8) is 0 Å². The van der Waals surface area contributed by atoms with E-state index in [1.807, 2.05) is 0 Å². The second kappa shape index (κ2) is 3.44. The lowest BCUT2D eigenvalue weighted by Gasteiger charge is -2.01. The number of carbonyl (C=O) groups is 1. The third-order valence-electron chi connectivity index (χ3n) is 1.40. The van der Waals surface area contributed by atoms with Crippen LogP contribution >= 0.6 is 15.9 Å². The van der Waals surface area contributed by atoms with E-state index in [0.29, 0.717) is 16.4 Å². The van der Waals surface area contributed by atoms with Crippen LogP contribution in [0, 0.1) is 4.91 Å². The summed E-state index contributed by atoms with van der Waals surface area (Å²) in [6.07, 6.45) is 0.539. The number of carbonyl (C=O) groups excluding carboxylic acids is 1. The van der Waals surface area contributed by atoms with Gasteiger partial charge in [-0.05, 0) is 33.2 Å². The average Bonchev–Trinajstić information content (AvgIpc) is 2.09. The molecule has 0 aliphatic heterocycles. The summed E-state index contributed by atoms with van der Waals surface area (Å²) in [4.78, 5) is 20.7. The number of rotatable bonds is 2. The molecule has 0 unspecified atom stereocenters. The first-order valence-electron chi connectivity index (χ1n) is 3.07. The zero-order valence-electron chi connectivity index (χ0n) is 5.95. The smallest absolute Gasteiger partial charge is 0.153 e. The minimum Gasteiger partial charge on any atom is -0.398 e. The van der Waals surface area contributed by atoms with Crippen LogP contribution in [0.25, 0.3) is 0 Å². The average molecular weight is 229 g/mol. The Labute approximate surface area is 76.9 Å². The van der Waals surface area contributed by atoms with Crippen LogP contribution in [0.15, 0.2) is 21.8 Å². The molecule has 62 valence electrons. The van der Waals surface area contributed by atoms with E-state index >= 15 is 0 Å². The van der Waals surface area contributed by atoms with Gasteiger partial charge in [-0.3, -0.25) is 4.79 Å². The largest absolute Gasteiger partial charge is 0.398 e. The van der Waals surface area contributed by atoms with Crippen molar-refractivity contribution in [3.05, 3.63) is 27.1 Å². The monoisotopic (exact) mass is 228 g/mol. The van der Waals surface area contributed by atoms with Gasteiger partial charge in [0, 0.05) is 5.69 Å². The van der Waals surface area contributed by atoms with Crippen LogP contribution in [0.5, 0.6) is 0 Å². The fourth-order valence-electron chi connectivity index (χ4n) is 0.791. The SMILES string of the molecule is Nc1ccc(N=O)c(C=O)c1Br. The zero-order valence-corrected chi connectivity index (χ0v) is 7.54. The van der Waals surface area contributed by atoms with Crippen LogP contribution < -0.4 is 5.73 Å². The molecule has 0 saturated heterocycles. The number of nitrogens with zero attached hydrogens (tertiary/aromatic N) is 1. The van der Waals surface area contributed by atoms with Gasteiger partial charge in [-0.15, -0.1) is 4.91 Å². The highest BCUT2D eigenvalue weighted by Crippen LogP contribution is 2.30. The molecule has 12 heavy (non-hydrogen) atoms. The fourth-order valence-corrected chi connectivity index (χ4v) is 1.22. The zero-order chi connectivity index (χ0) is 9.14. The number of nitrogens with two attached hydrogens (primary N) is 1. The summed E-state index contributed by atoms with van der Waals surface area (Å²) in [6, 6.07) is 2.91. The Kier molecular flexibility index (Phi) is 2.54. The molecular formula is C7H5BrN2O2. The van der Waals surface area contributed by atoms with Crippen molar-refractivity contribution in [2.45, 2.75) is 0 Å². The molecule has 0 fully saturated rings. The molecule has 2 N–H and O–H groups in total. The van der Waals surface area contributed by atoms with E-state index in [9.17, 15) is 9.70 Å². The van der Waals surface area contributed by atoms with Crippen LogP contribution in [0.3, 0.4) is 0 Å². The molecule has 0 aliphatic rings. The molecule has 1 rings (SSSR count). The van der Waals surface area contributed by atoms with Crippen molar-refractivity contribution in [2.24, 2.45) is 5.18 Å². The lowest BCUT2D eigenvalue weighted by atomic mass is 10.2. The summed E-state index contributed by atoms with van der Waals surface area (Å²) in [5.41, 5.74) is 6.15. The Balaban J connectivity index is 3.45. The molecule has 0 amide bonds. The van der Waals surface area contributed by atoms with Crippen LogP contribution in [-0.4, -0.2) is 6.29 Å². The number of hydrogen-bond donors (Lipinski definition) is 1. The van der Waals surface area contributed by atoms with Gasteiger partial charge >= 0.3 is 0 Å². The van der Waals surface area contributed by atoms with Crippen LogP contribution in [0.2, 0.25) is 0 Å². The molecule has 0 bridgehead atoms. The van der Waals surface area contributed by atoms with E-state index in [4.69, 9.17) is 5.73 Å². The minimum atomic E-state index is 0.0890. The fraction of sp³-hybridized carbons (Fsp3) is 0. The Morgan fingerprint density at radius 1 is 1.50 bits per heavy atom. The van der Waals surface area contributed by atoms with Crippen LogP contribution in [-0.2, 0) is 0 Å². The molecule has 1 aromatic rings. The number of benzene rings is 1. The van der Waals surface area contributed by atoms with Gasteiger partial charge in [-0.2, -0.15) is 0 Å². The van der Waals surface area contributed by atoms with Crippen molar-refractivity contribution >= 4 is 33.6 Å². The van der Waals surface area contributed by atoms with Crippen molar-refractivity contribution in [2.75, 3.05) is 5.73 Å². The molecule has 5 heteroatoms. The Morgan fingerprint density at radius 2 is 2.17 bits per heavy atom. The normalized spacial score (nSPS) is 9.42. The number of nitrogen functional groups attached to an aromatic ring is 1. The summed E-state index contributed by atoms with van der Waals surface area (Å²) in [7, 11) is 0. The Morgan fingerprint density at radius 3 is 2.67 bits per heavy atom. The highest BCUT2D eigenvalue weighted by molar-refractivity contribution is 9.10. The summed E-state index contributed by atoms with van der Waals surface area (Å²) in [5, 5.41) is 2.68. The Hall–Kier alpha value is -1.23. The molecule has 0 atom stereocenters. The van der Waals surface area contributed by atoms with Crippen LogP contribution in [0.4, 0.5) is 11.4 Å². The lowest BCUT2D eigenvalue weighted by molar-refractivity contribution is 0.112. The third-order valence-corrected chi connectivity index (χ3v) is 2.29. The van der Waals surface area contributed by atoms with Gasteiger partial charge in [0.2, 0.25) is 0 Å². The molecule has 0 saturated carbocycles. The first-order chi connectivity index (χ1) is 5.70. The number of halogens is 1. The van der Waals surface area contributed by atoms with E-state index in [-0.39, 0.29) is 11.3 Å². The van der Waals surface area contributed by atoms with Gasteiger partial charge in [-0.1, -0.05) is 0 Å². The molecular weight excluding hydrogens is 224 g/mol. The van der Waals surface area contributed by atoms with Crippen molar-refractivity contribution in [3.8, 4) is 0 Å². The summed E-state index contributed by atoms with van der Waals surface area (Å²) < 4.78 is 0.412. The molecule has 4 nitrogen and oxygen atoms in total. The molecule has 0 radical (unpaired) electrons. The van der Waals surface area contributed by atoms with Crippen molar-refractivity contribution in [1.29, 1.82) is 0 Å². The van der Waals surface area contributed by atoms with Gasteiger partial charge in [0.1, 0.15) is 5.69 Å². The summed E-state index contributed by atoms with van der Waals surface area (Å²) in [6.45, 7) is 0. The second-order valence-electron chi connectivity index (χ2n) is 2.11. The molecule has 0 spiro atoms. The van der Waals surface area contributed by atoms with E-state index in [1.165, 1.54) is 12.1 Å². The molecule has 0 aliphatic carbocycles. The van der Waals surface area contributed by atoms with E-state index in [0.717, 1.165) is 0 Å². The molecule has 0 heterocycles. The Bertz CT molecular complexity index is 338. The van der Waals surface area contributed by atoms with E-state index in [2.05, 4.69) is 21.1 Å². The number of aldehydes is 1. The van der Waals surface area contributed by atoms with Crippen molar-refractivity contribution in [1.82, 2.24) is 0 Å². The third kappa shape index (κ3) is 1.35. The van der Waals surface area contributed by atoms with Gasteiger partial charge in [0.15, 0.2) is 6.29 Å². The highest BCUT2D eigenvalue weighted by atomic mass is 79.9. The van der Waals surface area contributed by atoms with Crippen molar-refractivity contribution < 1.29 is 4.79 Å². The predicted octanol–water partition coefficient (Wildman–Crippen LogP) is 2.24. The maximum Gasteiger partial charge on any atom is 0.153 e. The maximum absolute atomic E-state index is 10.5. The van der Waals surface area contributed by atoms with E-state index < -0.39 is 0 Å². The van der Waals surface area contributed by atoms with Gasteiger partial charge in [0.05, 0.1) is 10.0 Å². The van der Waals surface area contributed by atoms with E-state index in [1.54, 1.807) is 0 Å². The first kappa shape index (κ1) is 8.86. The predicted molar refractivity (Wildman–Crippen MR) is 49.4 cm³/mol. The standard InChI is InChI=1S/C7H5BrN2O2/c8-7-4(3-11)6(10-12)2-1-5(7)9/h1-3H,9H2. The van der Waals surface area contributed by atoms with Gasteiger partial charge in [0.25, 0.3) is 0 Å². The highest BCUT2D eigenvalue weighted by Gasteiger charge is 2.08. The maximum atomic E-state index is 10.5. The van der Waals surface area contributed by atoms with Gasteiger partial charge in [-0.25, -0.2) is 0 Å². The quantitative estimate of drug-likeness (QED) is 0.480. The number of hydrogen-bond acceptors (Lipinski definition) is 4. The topological polar surface area (TPSA) is 72.5 Å². The summed E-state index contributed by atoms with van der Waals surface area (Å²) >= 11 is 3.08. The van der Waals surface area contributed by atoms with Crippen LogP contribution in [0.1, 0.15) is 10.4 Å². The lowest BCUT2D eigenvalue weighted by Crippen LogP contribution is -1.91. The number of anilines is 1.